The van der Waals surface area contributed by atoms with E-state index in [4.69, 9.17) is 4.74 Å². The van der Waals surface area contributed by atoms with Gasteiger partial charge in [-0.05, 0) is 31.7 Å². The number of ether oxygens (including phenoxy) is 1. The molecule has 22 heavy (non-hydrogen) atoms. The molecule has 0 spiro atoms. The number of carbonyl (C=O) groups is 1. The van der Waals surface area contributed by atoms with Crippen LogP contribution < -0.4 is 10.6 Å². The monoisotopic (exact) mass is 302 g/mol. The average molecular weight is 302 g/mol. The Kier molecular flexibility index (Phi) is 5.68. The number of nitrogens with zero attached hydrogens (tertiary/aromatic N) is 2. The normalized spacial score (nSPS) is 12.1. The fourth-order valence-corrected chi connectivity index (χ4v) is 2.16. The number of amides is 1. The van der Waals surface area contributed by atoms with Crippen LogP contribution in [0.15, 0.2) is 36.7 Å². The molecule has 1 amide bonds. The Hall–Kier alpha value is -2.18. The molecule has 2 N–H and O–H groups in total. The predicted molar refractivity (Wildman–Crippen MR) is 85.4 cm³/mol. The van der Waals surface area contributed by atoms with Crippen LogP contribution in [-0.2, 0) is 23.2 Å². The van der Waals surface area contributed by atoms with Crippen LogP contribution in [0.4, 0.5) is 5.69 Å². The van der Waals surface area contributed by atoms with E-state index >= 15 is 0 Å². The quantitative estimate of drug-likeness (QED) is 0.819. The molecule has 0 aliphatic carbocycles. The molecule has 1 heterocycles. The summed E-state index contributed by atoms with van der Waals surface area (Å²) in [4.78, 5) is 12.4. The van der Waals surface area contributed by atoms with Gasteiger partial charge in [0.25, 0.3) is 0 Å². The minimum atomic E-state index is -0.434. The maximum atomic E-state index is 12.4. The number of anilines is 1. The Labute approximate surface area is 130 Å². The van der Waals surface area contributed by atoms with Crippen molar-refractivity contribution >= 4 is 11.6 Å². The van der Waals surface area contributed by atoms with Gasteiger partial charge in [-0.15, -0.1) is 0 Å². The number of rotatable bonds is 7. The third-order valence-corrected chi connectivity index (χ3v) is 3.30. The molecule has 0 aliphatic heterocycles. The van der Waals surface area contributed by atoms with E-state index in [-0.39, 0.29) is 5.91 Å². The van der Waals surface area contributed by atoms with E-state index in [9.17, 15) is 4.79 Å². The molecule has 6 nitrogen and oxygen atoms in total. The van der Waals surface area contributed by atoms with Crippen LogP contribution in [0.2, 0.25) is 0 Å². The second-order valence-corrected chi connectivity index (χ2v) is 4.99. The van der Waals surface area contributed by atoms with E-state index < -0.39 is 6.04 Å². The summed E-state index contributed by atoms with van der Waals surface area (Å²) in [7, 11) is 3.58. The van der Waals surface area contributed by atoms with Gasteiger partial charge in [-0.1, -0.05) is 12.1 Å². The summed E-state index contributed by atoms with van der Waals surface area (Å²) in [5.74, 6) is -0.118. The van der Waals surface area contributed by atoms with Gasteiger partial charge >= 0.3 is 0 Å². The zero-order valence-electron chi connectivity index (χ0n) is 13.2. The first-order chi connectivity index (χ1) is 10.6. The molecule has 1 unspecified atom stereocenters. The number of aryl methyl sites for hydroxylation is 1. The lowest BCUT2D eigenvalue weighted by Gasteiger charge is -2.14. The van der Waals surface area contributed by atoms with E-state index in [0.29, 0.717) is 13.2 Å². The number of aromatic nitrogens is 2. The number of likely N-dealkylation sites (N-methyl/N-ethyl adjacent to an activating group) is 1. The summed E-state index contributed by atoms with van der Waals surface area (Å²) in [6.45, 7) is 3.23. The lowest BCUT2D eigenvalue weighted by molar-refractivity contribution is -0.118. The number of carbonyl (C=O) groups excluding carboxylic acids is 1. The molecule has 2 aromatic rings. The van der Waals surface area contributed by atoms with E-state index in [1.54, 1.807) is 17.9 Å². The van der Waals surface area contributed by atoms with Crippen molar-refractivity contribution in [2.24, 2.45) is 7.05 Å². The van der Waals surface area contributed by atoms with E-state index in [2.05, 4.69) is 15.7 Å². The van der Waals surface area contributed by atoms with Gasteiger partial charge in [0.05, 0.1) is 12.8 Å². The number of hydrogen-bond donors (Lipinski definition) is 2. The minimum Gasteiger partial charge on any atom is -0.377 e. The van der Waals surface area contributed by atoms with Gasteiger partial charge in [-0.3, -0.25) is 9.48 Å². The van der Waals surface area contributed by atoms with Crippen LogP contribution in [0, 0.1) is 0 Å². The third kappa shape index (κ3) is 4.16. The Morgan fingerprint density at radius 3 is 2.64 bits per heavy atom. The molecule has 0 bridgehead atoms. The van der Waals surface area contributed by atoms with E-state index in [1.165, 1.54) is 0 Å². The maximum absolute atomic E-state index is 12.4. The lowest BCUT2D eigenvalue weighted by atomic mass is 10.1. The minimum absolute atomic E-state index is 0.118. The number of benzene rings is 1. The van der Waals surface area contributed by atoms with Crippen molar-refractivity contribution in [3.8, 4) is 0 Å². The van der Waals surface area contributed by atoms with Gasteiger partial charge in [-0.2, -0.15) is 5.10 Å². The molecular formula is C16H22N4O2. The van der Waals surface area contributed by atoms with Gasteiger partial charge in [0.2, 0.25) is 5.91 Å². The van der Waals surface area contributed by atoms with Crippen molar-refractivity contribution in [2.75, 3.05) is 19.0 Å². The summed E-state index contributed by atoms with van der Waals surface area (Å²) < 4.78 is 7.03. The van der Waals surface area contributed by atoms with Crippen molar-refractivity contribution in [1.29, 1.82) is 0 Å². The molecular weight excluding hydrogens is 280 g/mol. The lowest BCUT2D eigenvalue weighted by Crippen LogP contribution is -2.30. The van der Waals surface area contributed by atoms with Crippen LogP contribution in [-0.4, -0.2) is 29.3 Å². The first-order valence-electron chi connectivity index (χ1n) is 7.27. The number of nitrogens with one attached hydrogen (secondary N) is 2. The number of hydrogen-bond acceptors (Lipinski definition) is 4. The second kappa shape index (κ2) is 7.72. The molecule has 1 atom stereocenters. The van der Waals surface area contributed by atoms with Crippen molar-refractivity contribution in [3.63, 3.8) is 0 Å². The van der Waals surface area contributed by atoms with Crippen molar-refractivity contribution < 1.29 is 9.53 Å². The SMILES string of the molecule is CCOCc1ccc(NC(=O)C(NC)c2cnn(C)c2)cc1. The molecule has 0 saturated heterocycles. The van der Waals surface area contributed by atoms with Crippen LogP contribution in [0.25, 0.3) is 0 Å². The zero-order valence-corrected chi connectivity index (χ0v) is 13.2. The molecule has 1 aromatic carbocycles. The molecule has 6 heteroatoms. The van der Waals surface area contributed by atoms with Crippen LogP contribution in [0.3, 0.4) is 0 Å². The molecule has 2 rings (SSSR count). The Morgan fingerprint density at radius 2 is 2.09 bits per heavy atom. The predicted octanol–water partition coefficient (Wildman–Crippen LogP) is 1.86. The molecule has 0 aliphatic rings. The fraction of sp³-hybridized carbons (Fsp3) is 0.375. The highest BCUT2D eigenvalue weighted by atomic mass is 16.5. The Morgan fingerprint density at radius 1 is 1.36 bits per heavy atom. The van der Waals surface area contributed by atoms with Gasteiger partial charge < -0.3 is 15.4 Å². The van der Waals surface area contributed by atoms with Gasteiger partial charge in [0.1, 0.15) is 6.04 Å². The van der Waals surface area contributed by atoms with E-state index in [0.717, 1.165) is 16.8 Å². The third-order valence-electron chi connectivity index (χ3n) is 3.30. The molecule has 0 fully saturated rings. The largest absolute Gasteiger partial charge is 0.377 e. The van der Waals surface area contributed by atoms with Crippen LogP contribution >= 0.6 is 0 Å². The highest BCUT2D eigenvalue weighted by Crippen LogP contribution is 2.16. The van der Waals surface area contributed by atoms with Gasteiger partial charge in [-0.25, -0.2) is 0 Å². The molecule has 118 valence electrons. The zero-order chi connectivity index (χ0) is 15.9. The van der Waals surface area contributed by atoms with Crippen molar-refractivity contribution in [1.82, 2.24) is 15.1 Å². The summed E-state index contributed by atoms with van der Waals surface area (Å²) in [5.41, 5.74) is 2.67. The van der Waals surface area contributed by atoms with E-state index in [1.807, 2.05) is 44.4 Å². The Balaban J connectivity index is 2.00. The molecule has 0 radical (unpaired) electrons. The van der Waals surface area contributed by atoms with Crippen molar-refractivity contribution in [3.05, 3.63) is 47.8 Å². The summed E-state index contributed by atoms with van der Waals surface area (Å²) in [6.07, 6.45) is 3.51. The van der Waals surface area contributed by atoms with Gasteiger partial charge in [0, 0.05) is 31.1 Å². The highest BCUT2D eigenvalue weighted by molar-refractivity contribution is 5.95. The topological polar surface area (TPSA) is 68.2 Å². The summed E-state index contributed by atoms with van der Waals surface area (Å²) in [5, 5.41) is 10.0. The standard InChI is InChI=1S/C16H22N4O2/c1-4-22-11-12-5-7-14(8-6-12)19-16(21)15(17-2)13-9-18-20(3)10-13/h5-10,15,17H,4,11H2,1-3H3,(H,19,21). The fourth-order valence-electron chi connectivity index (χ4n) is 2.16. The van der Waals surface area contributed by atoms with Crippen LogP contribution in [0.1, 0.15) is 24.1 Å². The molecule has 0 saturated carbocycles. The highest BCUT2D eigenvalue weighted by Gasteiger charge is 2.20. The van der Waals surface area contributed by atoms with Gasteiger partial charge in [0.15, 0.2) is 0 Å². The summed E-state index contributed by atoms with van der Waals surface area (Å²) >= 11 is 0. The van der Waals surface area contributed by atoms with Crippen molar-refractivity contribution in [2.45, 2.75) is 19.6 Å². The maximum Gasteiger partial charge on any atom is 0.246 e. The Bertz CT molecular complexity index is 607. The first kappa shape index (κ1) is 16.2. The van der Waals surface area contributed by atoms with Crippen LogP contribution in [0.5, 0.6) is 0 Å². The average Bonchev–Trinajstić information content (AvgIpc) is 2.93. The summed E-state index contributed by atoms with van der Waals surface area (Å²) in [6, 6.07) is 7.22. The second-order valence-electron chi connectivity index (χ2n) is 4.99. The molecule has 1 aromatic heterocycles. The smallest absolute Gasteiger partial charge is 0.246 e. The first-order valence-corrected chi connectivity index (χ1v) is 7.27.